The Balaban J connectivity index is 2.01. The topological polar surface area (TPSA) is 58.6 Å². The van der Waals surface area contributed by atoms with Crippen molar-refractivity contribution in [2.75, 3.05) is 13.1 Å². The van der Waals surface area contributed by atoms with Crippen LogP contribution in [0.15, 0.2) is 11.9 Å². The molecular formula is C16H25FN2O3. The lowest BCUT2D eigenvalue weighted by molar-refractivity contribution is -0.135. The number of nitrogens with zero attached hydrogens (tertiary/aromatic N) is 1. The SMILES string of the molecule is CC(C)(C)OC(=O)N[C@H](C(=O)N1CCC=C(F)C1)C1CCC1. The first-order valence-electron chi connectivity index (χ1n) is 7.89. The molecule has 0 radical (unpaired) electrons. The second kappa shape index (κ2) is 6.67. The normalized spacial score (nSPS) is 20.7. The van der Waals surface area contributed by atoms with E-state index < -0.39 is 17.7 Å². The zero-order valence-electron chi connectivity index (χ0n) is 13.5. The van der Waals surface area contributed by atoms with Gasteiger partial charge >= 0.3 is 6.09 Å². The number of hydrogen-bond acceptors (Lipinski definition) is 3. The molecule has 1 atom stereocenters. The molecule has 22 heavy (non-hydrogen) atoms. The average molecular weight is 312 g/mol. The van der Waals surface area contributed by atoms with E-state index in [0.717, 1.165) is 19.3 Å². The quantitative estimate of drug-likeness (QED) is 0.872. The fourth-order valence-electron chi connectivity index (χ4n) is 2.68. The van der Waals surface area contributed by atoms with Crippen molar-refractivity contribution in [3.05, 3.63) is 11.9 Å². The summed E-state index contributed by atoms with van der Waals surface area (Å²) in [7, 11) is 0. The summed E-state index contributed by atoms with van der Waals surface area (Å²) in [6, 6.07) is -0.616. The van der Waals surface area contributed by atoms with Gasteiger partial charge in [-0.05, 0) is 52.0 Å². The molecule has 1 fully saturated rings. The van der Waals surface area contributed by atoms with Gasteiger partial charge in [0.2, 0.25) is 5.91 Å². The van der Waals surface area contributed by atoms with Crippen molar-refractivity contribution >= 4 is 12.0 Å². The Bertz CT molecular complexity index is 467. The van der Waals surface area contributed by atoms with Crippen LogP contribution in [0.3, 0.4) is 0 Å². The summed E-state index contributed by atoms with van der Waals surface area (Å²) in [4.78, 5) is 26.1. The summed E-state index contributed by atoms with van der Waals surface area (Å²) in [5, 5.41) is 2.69. The molecule has 0 unspecified atom stereocenters. The number of ether oxygens (including phenoxy) is 1. The van der Waals surface area contributed by atoms with Crippen LogP contribution < -0.4 is 5.32 Å². The van der Waals surface area contributed by atoms with Crippen LogP contribution in [-0.4, -0.2) is 41.6 Å². The first-order chi connectivity index (χ1) is 10.3. The molecule has 2 rings (SSSR count). The van der Waals surface area contributed by atoms with E-state index in [1.54, 1.807) is 20.8 Å². The maximum Gasteiger partial charge on any atom is 0.408 e. The molecule has 0 spiro atoms. The Kier molecular flexibility index (Phi) is 5.08. The highest BCUT2D eigenvalue weighted by molar-refractivity contribution is 5.86. The van der Waals surface area contributed by atoms with Crippen LogP contribution in [0.5, 0.6) is 0 Å². The maximum atomic E-state index is 13.4. The zero-order chi connectivity index (χ0) is 16.3. The third-order valence-electron chi connectivity index (χ3n) is 3.98. The van der Waals surface area contributed by atoms with Crippen molar-refractivity contribution in [2.45, 2.75) is 58.1 Å². The number of nitrogens with one attached hydrogen (secondary N) is 1. The number of hydrogen-bond donors (Lipinski definition) is 1. The first kappa shape index (κ1) is 16.8. The Morgan fingerprint density at radius 2 is 2.09 bits per heavy atom. The van der Waals surface area contributed by atoms with Gasteiger partial charge in [0.25, 0.3) is 0 Å². The number of carbonyl (C=O) groups is 2. The molecule has 1 aliphatic heterocycles. The lowest BCUT2D eigenvalue weighted by Crippen LogP contribution is -2.55. The Hall–Kier alpha value is -1.59. The molecule has 1 heterocycles. The molecule has 1 saturated carbocycles. The van der Waals surface area contributed by atoms with Crippen LogP contribution >= 0.6 is 0 Å². The highest BCUT2D eigenvalue weighted by Gasteiger charge is 2.37. The van der Waals surface area contributed by atoms with Crippen molar-refractivity contribution in [3.63, 3.8) is 0 Å². The molecule has 1 aliphatic carbocycles. The van der Waals surface area contributed by atoms with Crippen LogP contribution in [0.1, 0.15) is 46.5 Å². The van der Waals surface area contributed by atoms with Crippen LogP contribution in [0, 0.1) is 5.92 Å². The van der Waals surface area contributed by atoms with Gasteiger partial charge in [0.05, 0.1) is 6.54 Å². The van der Waals surface area contributed by atoms with Crippen LogP contribution in [0.2, 0.25) is 0 Å². The number of rotatable bonds is 3. The zero-order valence-corrected chi connectivity index (χ0v) is 13.5. The molecule has 0 aromatic rings. The van der Waals surface area contributed by atoms with E-state index in [9.17, 15) is 14.0 Å². The predicted molar refractivity (Wildman–Crippen MR) is 80.9 cm³/mol. The van der Waals surface area contributed by atoms with Crippen molar-refractivity contribution in [1.29, 1.82) is 0 Å². The Morgan fingerprint density at radius 1 is 1.41 bits per heavy atom. The summed E-state index contributed by atoms with van der Waals surface area (Å²) in [6.07, 6.45) is 4.28. The number of halogens is 1. The molecular weight excluding hydrogens is 287 g/mol. The number of carbonyl (C=O) groups excluding carboxylic acids is 2. The van der Waals surface area contributed by atoms with E-state index in [0.29, 0.717) is 13.0 Å². The van der Waals surface area contributed by atoms with E-state index in [2.05, 4.69) is 5.32 Å². The minimum atomic E-state index is -0.616. The standard InChI is InChI=1S/C16H25FN2O3/c1-16(2,3)22-15(21)18-13(11-6-4-7-11)14(20)19-9-5-8-12(17)10-19/h8,11,13H,4-7,9-10H2,1-3H3,(H,18,21)/t13-/m0/s1. The summed E-state index contributed by atoms with van der Waals surface area (Å²) in [5.74, 6) is -0.378. The lowest BCUT2D eigenvalue weighted by Gasteiger charge is -2.37. The van der Waals surface area contributed by atoms with Gasteiger partial charge in [0.1, 0.15) is 17.5 Å². The minimum Gasteiger partial charge on any atom is -0.444 e. The van der Waals surface area contributed by atoms with Crippen molar-refractivity contribution < 1.29 is 18.7 Å². The molecule has 0 aromatic carbocycles. The second-order valence-corrected chi connectivity index (χ2v) is 7.01. The number of alkyl carbamates (subject to hydrolysis) is 1. The minimum absolute atomic E-state index is 0.00193. The number of amides is 2. The largest absolute Gasteiger partial charge is 0.444 e. The molecule has 124 valence electrons. The van der Waals surface area contributed by atoms with Crippen molar-refractivity contribution in [1.82, 2.24) is 10.2 Å². The van der Waals surface area contributed by atoms with Gasteiger partial charge in [-0.15, -0.1) is 0 Å². The van der Waals surface area contributed by atoms with Crippen molar-refractivity contribution in [2.24, 2.45) is 5.92 Å². The van der Waals surface area contributed by atoms with Gasteiger partial charge in [-0.1, -0.05) is 6.42 Å². The predicted octanol–water partition coefficient (Wildman–Crippen LogP) is 2.77. The van der Waals surface area contributed by atoms with E-state index >= 15 is 0 Å². The van der Waals surface area contributed by atoms with Gasteiger partial charge in [-0.3, -0.25) is 4.79 Å². The highest BCUT2D eigenvalue weighted by atomic mass is 19.1. The van der Waals surface area contributed by atoms with Gasteiger partial charge < -0.3 is 15.0 Å². The molecule has 6 heteroatoms. The first-order valence-corrected chi connectivity index (χ1v) is 7.89. The lowest BCUT2D eigenvalue weighted by atomic mass is 9.79. The summed E-state index contributed by atoms with van der Waals surface area (Å²) in [5.41, 5.74) is -0.614. The summed E-state index contributed by atoms with van der Waals surface area (Å²) >= 11 is 0. The molecule has 2 amide bonds. The van der Waals surface area contributed by atoms with Crippen LogP contribution in [0.4, 0.5) is 9.18 Å². The van der Waals surface area contributed by atoms with Crippen molar-refractivity contribution in [3.8, 4) is 0 Å². The van der Waals surface area contributed by atoms with Crippen LogP contribution in [-0.2, 0) is 9.53 Å². The van der Waals surface area contributed by atoms with E-state index in [1.165, 1.54) is 11.0 Å². The Morgan fingerprint density at radius 3 is 2.59 bits per heavy atom. The molecule has 0 bridgehead atoms. The third kappa shape index (κ3) is 4.45. The Labute approximate surface area is 130 Å². The fourth-order valence-corrected chi connectivity index (χ4v) is 2.68. The van der Waals surface area contributed by atoms with E-state index in [-0.39, 0.29) is 24.2 Å². The van der Waals surface area contributed by atoms with Gasteiger partial charge in [-0.2, -0.15) is 0 Å². The fraction of sp³-hybridized carbons (Fsp3) is 0.750. The molecule has 1 N–H and O–H groups in total. The summed E-state index contributed by atoms with van der Waals surface area (Å²) in [6.45, 7) is 5.82. The van der Waals surface area contributed by atoms with Gasteiger partial charge in [0.15, 0.2) is 0 Å². The smallest absolute Gasteiger partial charge is 0.408 e. The average Bonchev–Trinajstić information content (AvgIpc) is 2.32. The summed E-state index contributed by atoms with van der Waals surface area (Å²) < 4.78 is 18.6. The molecule has 0 saturated heterocycles. The van der Waals surface area contributed by atoms with Crippen LogP contribution in [0.25, 0.3) is 0 Å². The maximum absolute atomic E-state index is 13.4. The second-order valence-electron chi connectivity index (χ2n) is 7.01. The highest BCUT2D eigenvalue weighted by Crippen LogP contribution is 2.31. The molecule has 2 aliphatic rings. The molecule has 5 nitrogen and oxygen atoms in total. The third-order valence-corrected chi connectivity index (χ3v) is 3.98. The van der Waals surface area contributed by atoms with Gasteiger partial charge in [-0.25, -0.2) is 9.18 Å². The monoisotopic (exact) mass is 312 g/mol. The van der Waals surface area contributed by atoms with Gasteiger partial charge in [0, 0.05) is 6.54 Å². The molecule has 0 aromatic heterocycles. The van der Waals surface area contributed by atoms with E-state index in [4.69, 9.17) is 4.74 Å². The van der Waals surface area contributed by atoms with E-state index in [1.807, 2.05) is 0 Å².